The molecular formula is C25H17F. The maximum Gasteiger partial charge on any atom is 0.123 e. The molecule has 0 fully saturated rings. The molecule has 0 bridgehead atoms. The molecule has 0 unspecified atom stereocenters. The van der Waals surface area contributed by atoms with E-state index in [1.165, 1.54) is 28.5 Å². The Morgan fingerprint density at radius 2 is 1.38 bits per heavy atom. The quantitative estimate of drug-likeness (QED) is 0.355. The first-order valence-electron chi connectivity index (χ1n) is 8.56. The number of benzene rings is 4. The van der Waals surface area contributed by atoms with Gasteiger partial charge in [-0.25, -0.2) is 4.39 Å². The highest BCUT2D eigenvalue weighted by Crippen LogP contribution is 2.21. The van der Waals surface area contributed by atoms with Crippen LogP contribution in [0.2, 0.25) is 0 Å². The minimum absolute atomic E-state index is 0.226. The van der Waals surface area contributed by atoms with Crippen molar-refractivity contribution in [1.29, 1.82) is 0 Å². The number of rotatable bonds is 1. The monoisotopic (exact) mass is 336 g/mol. The van der Waals surface area contributed by atoms with Crippen LogP contribution >= 0.6 is 0 Å². The maximum atomic E-state index is 13.1. The highest BCUT2D eigenvalue weighted by molar-refractivity contribution is 5.86. The minimum atomic E-state index is -0.226. The van der Waals surface area contributed by atoms with E-state index in [0.29, 0.717) is 0 Å². The molecule has 0 atom stereocenters. The van der Waals surface area contributed by atoms with Crippen molar-refractivity contribution in [3.63, 3.8) is 0 Å². The van der Waals surface area contributed by atoms with Crippen LogP contribution in [-0.4, -0.2) is 0 Å². The summed E-state index contributed by atoms with van der Waals surface area (Å²) in [6.07, 6.45) is 0. The lowest BCUT2D eigenvalue weighted by molar-refractivity contribution is 0.628. The van der Waals surface area contributed by atoms with Gasteiger partial charge in [-0.2, -0.15) is 0 Å². The summed E-state index contributed by atoms with van der Waals surface area (Å²) >= 11 is 0. The summed E-state index contributed by atoms with van der Waals surface area (Å²) in [7, 11) is 0. The van der Waals surface area contributed by atoms with E-state index < -0.39 is 0 Å². The van der Waals surface area contributed by atoms with Gasteiger partial charge in [-0.05, 0) is 70.8 Å². The predicted molar refractivity (Wildman–Crippen MR) is 107 cm³/mol. The Kier molecular flexibility index (Phi) is 4.25. The molecule has 0 saturated carbocycles. The number of hydrogen-bond acceptors (Lipinski definition) is 0. The zero-order valence-corrected chi connectivity index (χ0v) is 14.5. The molecule has 0 aliphatic heterocycles. The summed E-state index contributed by atoms with van der Waals surface area (Å²) in [5, 5.41) is 2.47. The maximum absolute atomic E-state index is 13.1. The van der Waals surface area contributed by atoms with E-state index in [0.717, 1.165) is 22.3 Å². The normalized spacial score (nSPS) is 10.4. The molecule has 0 aliphatic rings. The second-order valence-electron chi connectivity index (χ2n) is 6.35. The molecule has 0 aromatic heterocycles. The molecule has 124 valence electrons. The van der Waals surface area contributed by atoms with Crippen molar-refractivity contribution < 1.29 is 4.39 Å². The van der Waals surface area contributed by atoms with Crippen LogP contribution in [0.3, 0.4) is 0 Å². The fourth-order valence-electron chi connectivity index (χ4n) is 3.07. The lowest BCUT2D eigenvalue weighted by Gasteiger charge is -2.03. The average molecular weight is 336 g/mol. The fourth-order valence-corrected chi connectivity index (χ4v) is 3.07. The van der Waals surface area contributed by atoms with Gasteiger partial charge in [0.2, 0.25) is 0 Å². The van der Waals surface area contributed by atoms with Crippen LogP contribution in [0, 0.1) is 24.6 Å². The van der Waals surface area contributed by atoms with Crippen molar-refractivity contribution >= 4 is 10.8 Å². The molecule has 4 aromatic carbocycles. The van der Waals surface area contributed by atoms with Gasteiger partial charge in [0.05, 0.1) is 0 Å². The number of hydrogen-bond donors (Lipinski definition) is 0. The molecule has 4 aromatic rings. The smallest absolute Gasteiger partial charge is 0.123 e. The topological polar surface area (TPSA) is 0 Å². The molecule has 0 radical (unpaired) electrons. The summed E-state index contributed by atoms with van der Waals surface area (Å²) in [4.78, 5) is 0. The molecule has 0 spiro atoms. The van der Waals surface area contributed by atoms with E-state index in [4.69, 9.17) is 0 Å². The average Bonchev–Trinajstić information content (AvgIpc) is 2.68. The third kappa shape index (κ3) is 3.36. The van der Waals surface area contributed by atoms with Crippen LogP contribution in [0.4, 0.5) is 4.39 Å². The second-order valence-corrected chi connectivity index (χ2v) is 6.35. The molecule has 0 nitrogen and oxygen atoms in total. The molecule has 0 saturated heterocycles. The first kappa shape index (κ1) is 16.1. The van der Waals surface area contributed by atoms with Gasteiger partial charge < -0.3 is 0 Å². The third-order valence-electron chi connectivity index (χ3n) is 4.49. The first-order valence-corrected chi connectivity index (χ1v) is 8.56. The molecule has 4 rings (SSSR count). The van der Waals surface area contributed by atoms with Gasteiger partial charge in [0, 0.05) is 11.1 Å². The van der Waals surface area contributed by atoms with Gasteiger partial charge in [0.25, 0.3) is 0 Å². The fraction of sp³-hybridized carbons (Fsp3) is 0.0400. The molecule has 0 N–H and O–H groups in total. The molecule has 0 aliphatic carbocycles. The van der Waals surface area contributed by atoms with Crippen LogP contribution in [0.5, 0.6) is 0 Å². The zero-order chi connectivity index (χ0) is 17.9. The Labute approximate surface area is 152 Å². The largest absolute Gasteiger partial charge is 0.207 e. The van der Waals surface area contributed by atoms with Crippen LogP contribution in [0.15, 0.2) is 84.9 Å². The lowest BCUT2D eigenvalue weighted by Crippen LogP contribution is -1.83. The standard InChI is InChI=1S/C25H17F/c1-18-4-2-6-22-11-10-20(17-25(18)22)9-8-19-5-3-7-23(16-19)21-12-14-24(26)15-13-21/h2-7,10-17H,1H3. The Balaban J connectivity index is 1.67. The molecule has 0 heterocycles. The van der Waals surface area contributed by atoms with E-state index in [-0.39, 0.29) is 5.82 Å². The third-order valence-corrected chi connectivity index (χ3v) is 4.49. The van der Waals surface area contributed by atoms with E-state index in [2.05, 4.69) is 55.2 Å². The first-order chi connectivity index (χ1) is 12.7. The minimum Gasteiger partial charge on any atom is -0.207 e. The van der Waals surface area contributed by atoms with Crippen LogP contribution in [0.25, 0.3) is 21.9 Å². The lowest BCUT2D eigenvalue weighted by atomic mass is 10.0. The Morgan fingerprint density at radius 3 is 2.19 bits per heavy atom. The SMILES string of the molecule is Cc1cccc2ccc(C#Cc3cccc(-c4ccc(F)cc4)c3)cc12. The number of fused-ring (bicyclic) bond motifs is 1. The molecular weight excluding hydrogens is 319 g/mol. The summed E-state index contributed by atoms with van der Waals surface area (Å²) in [6, 6.07) is 27.2. The van der Waals surface area contributed by atoms with Crippen LogP contribution < -0.4 is 0 Å². The Bertz CT molecular complexity index is 1140. The molecule has 26 heavy (non-hydrogen) atoms. The van der Waals surface area contributed by atoms with E-state index >= 15 is 0 Å². The predicted octanol–water partition coefficient (Wildman–Crippen LogP) is 6.35. The van der Waals surface area contributed by atoms with Crippen molar-refractivity contribution in [3.8, 4) is 23.0 Å². The van der Waals surface area contributed by atoms with Crippen molar-refractivity contribution in [2.45, 2.75) is 6.92 Å². The second kappa shape index (κ2) is 6.86. The van der Waals surface area contributed by atoms with Gasteiger partial charge in [-0.15, -0.1) is 0 Å². The van der Waals surface area contributed by atoms with Crippen molar-refractivity contribution in [3.05, 3.63) is 107 Å². The van der Waals surface area contributed by atoms with Crippen LogP contribution in [-0.2, 0) is 0 Å². The Morgan fingerprint density at radius 1 is 0.654 bits per heavy atom. The van der Waals surface area contributed by atoms with Crippen molar-refractivity contribution in [2.75, 3.05) is 0 Å². The summed E-state index contributed by atoms with van der Waals surface area (Å²) < 4.78 is 13.1. The number of aryl methyl sites for hydroxylation is 1. The van der Waals surface area contributed by atoms with E-state index in [9.17, 15) is 4.39 Å². The Hall–Kier alpha value is -3.37. The summed E-state index contributed by atoms with van der Waals surface area (Å²) in [5.41, 5.74) is 5.21. The van der Waals surface area contributed by atoms with Crippen molar-refractivity contribution in [1.82, 2.24) is 0 Å². The van der Waals surface area contributed by atoms with Crippen LogP contribution in [0.1, 0.15) is 16.7 Å². The summed E-state index contributed by atoms with van der Waals surface area (Å²) in [6.45, 7) is 2.12. The van der Waals surface area contributed by atoms with Crippen molar-refractivity contribution in [2.24, 2.45) is 0 Å². The molecule has 0 amide bonds. The van der Waals surface area contributed by atoms with Gasteiger partial charge in [-0.3, -0.25) is 0 Å². The highest BCUT2D eigenvalue weighted by Gasteiger charge is 2.00. The van der Waals surface area contributed by atoms with Gasteiger partial charge >= 0.3 is 0 Å². The van der Waals surface area contributed by atoms with E-state index in [1.807, 2.05) is 24.3 Å². The summed E-state index contributed by atoms with van der Waals surface area (Å²) in [5.74, 6) is 6.28. The van der Waals surface area contributed by atoms with Gasteiger partial charge in [0.15, 0.2) is 0 Å². The van der Waals surface area contributed by atoms with Gasteiger partial charge in [0.1, 0.15) is 5.82 Å². The van der Waals surface area contributed by atoms with E-state index in [1.54, 1.807) is 12.1 Å². The zero-order valence-electron chi connectivity index (χ0n) is 14.5. The number of halogens is 1. The highest BCUT2D eigenvalue weighted by atomic mass is 19.1. The molecule has 1 heteroatoms. The van der Waals surface area contributed by atoms with Gasteiger partial charge in [-0.1, -0.05) is 60.4 Å².